The summed E-state index contributed by atoms with van der Waals surface area (Å²) >= 11 is 1.71. The monoisotopic (exact) mass is 584 g/mol. The zero-order chi connectivity index (χ0) is 28.0. The van der Waals surface area contributed by atoms with Gasteiger partial charge in [-0.3, -0.25) is 4.55 Å². The minimum absolute atomic E-state index is 1.71. The van der Waals surface area contributed by atoms with Gasteiger partial charge in [0.2, 0.25) is 0 Å². The van der Waals surface area contributed by atoms with E-state index in [2.05, 4.69) is 0 Å². The van der Waals surface area contributed by atoms with E-state index in [1.54, 1.807) is 11.3 Å². The molecule has 0 aliphatic heterocycles. The summed E-state index contributed by atoms with van der Waals surface area (Å²) in [6, 6.07) is 4.04. The summed E-state index contributed by atoms with van der Waals surface area (Å²) in [7, 11) is -7.89. The first-order valence-electron chi connectivity index (χ1n) is 7.15. The van der Waals surface area contributed by atoms with Crippen molar-refractivity contribution < 1.29 is 87.6 Å². The second-order valence-corrected chi connectivity index (χ2v) is 8.01. The average Bonchev–Trinajstić information content (AvgIpc) is 3.18. The third kappa shape index (κ3) is 4.63. The molecule has 1 heterocycles. The van der Waals surface area contributed by atoms with Gasteiger partial charge in [-0.2, -0.15) is 94.4 Å². The lowest BCUT2D eigenvalue weighted by molar-refractivity contribution is -0.458. The lowest BCUT2D eigenvalue weighted by Gasteiger charge is -2.42. The summed E-state index contributed by atoms with van der Waals surface area (Å²) in [5.74, 6) is -52.0. The van der Waals surface area contributed by atoms with Crippen LogP contribution in [0.15, 0.2) is 22.9 Å². The Morgan fingerprint density at radius 1 is 0.500 bits per heavy atom. The molecule has 22 heteroatoms. The van der Waals surface area contributed by atoms with Crippen molar-refractivity contribution in [1.29, 1.82) is 0 Å². The zero-order valence-electron chi connectivity index (χ0n) is 14.8. The van der Waals surface area contributed by atoms with Gasteiger partial charge in [-0.05, 0) is 10.8 Å². The number of alkyl halides is 17. The molecule has 0 aromatic carbocycles. The number of thiophene rings is 1. The van der Waals surface area contributed by atoms with Crippen LogP contribution in [0.1, 0.15) is 0 Å². The fraction of sp³-hybridized carbons (Fsp3) is 0.667. The van der Waals surface area contributed by atoms with Gasteiger partial charge in [0.25, 0.3) is 0 Å². The predicted molar refractivity (Wildman–Crippen MR) is 76.6 cm³/mol. The Balaban J connectivity index is 0.00000190. The van der Waals surface area contributed by atoms with E-state index < -0.39 is 57.1 Å². The first-order chi connectivity index (χ1) is 14.5. The van der Waals surface area contributed by atoms with Crippen molar-refractivity contribution in [2.75, 3.05) is 0 Å². The van der Waals surface area contributed by atoms with E-state index in [1.165, 1.54) is 0 Å². The second-order valence-electron chi connectivity index (χ2n) is 5.73. The fourth-order valence-electron chi connectivity index (χ4n) is 1.54. The Hall–Kier alpha value is -1.58. The van der Waals surface area contributed by atoms with Crippen LogP contribution in [0.25, 0.3) is 0 Å². The Morgan fingerprint density at radius 3 is 0.971 bits per heavy atom. The summed E-state index contributed by atoms with van der Waals surface area (Å²) in [6.07, 6.45) is -7.88. The Bertz CT molecular complexity index is 901. The molecule has 0 saturated heterocycles. The number of halogens is 17. The van der Waals surface area contributed by atoms with Crippen molar-refractivity contribution in [3.8, 4) is 0 Å². The van der Waals surface area contributed by atoms with Crippen molar-refractivity contribution >= 4 is 21.5 Å². The van der Waals surface area contributed by atoms with Gasteiger partial charge < -0.3 is 0 Å². The third-order valence-corrected chi connectivity index (χ3v) is 4.98. The van der Waals surface area contributed by atoms with Gasteiger partial charge in [-0.15, -0.1) is 0 Å². The smallest absolute Gasteiger partial charge is 0.281 e. The average molecular weight is 584 g/mol. The first-order valence-corrected chi connectivity index (χ1v) is 9.54. The van der Waals surface area contributed by atoms with Crippen LogP contribution in [0.2, 0.25) is 0 Å². The van der Waals surface area contributed by atoms with Gasteiger partial charge in [-0.25, -0.2) is 0 Å². The maximum atomic E-state index is 13.0. The van der Waals surface area contributed by atoms with Gasteiger partial charge in [0, 0.05) is 0 Å². The van der Waals surface area contributed by atoms with E-state index in [9.17, 15) is 83.1 Å². The molecule has 0 bridgehead atoms. The van der Waals surface area contributed by atoms with Gasteiger partial charge in [0.15, 0.2) is 0 Å². The van der Waals surface area contributed by atoms with E-state index >= 15 is 0 Å². The van der Waals surface area contributed by atoms with E-state index in [1.807, 2.05) is 22.9 Å². The standard InChI is InChI=1S/C8HF17O3S.C4H4S/c9-1(10,3(13,14)5(17,18)7(21,22)23)2(11,12)4(15,16)6(19,20)8(24,25)29(26,27)28;1-2-4-5-3-1/h(H,26,27,28);1-4H. The van der Waals surface area contributed by atoms with E-state index in [0.717, 1.165) is 0 Å². The molecule has 34 heavy (non-hydrogen) atoms. The topological polar surface area (TPSA) is 54.4 Å². The van der Waals surface area contributed by atoms with Crippen LogP contribution in [0.5, 0.6) is 0 Å². The first kappa shape index (κ1) is 32.4. The molecule has 0 unspecified atom stereocenters. The minimum Gasteiger partial charge on any atom is -0.281 e. The van der Waals surface area contributed by atoms with Gasteiger partial charge in [-0.1, -0.05) is 12.1 Å². The predicted octanol–water partition coefficient (Wildman–Crippen LogP) is 6.59. The molecule has 0 spiro atoms. The highest BCUT2D eigenvalue weighted by Gasteiger charge is 2.96. The van der Waals surface area contributed by atoms with Gasteiger partial charge >= 0.3 is 57.1 Å². The molecule has 0 aliphatic carbocycles. The number of hydrogen-bond donors (Lipinski definition) is 1. The molecule has 202 valence electrons. The molecule has 1 rings (SSSR count). The van der Waals surface area contributed by atoms with Crippen LogP contribution < -0.4 is 0 Å². The summed E-state index contributed by atoms with van der Waals surface area (Å²) < 4.78 is 242. The molecule has 0 radical (unpaired) electrons. The summed E-state index contributed by atoms with van der Waals surface area (Å²) in [6.45, 7) is 0. The van der Waals surface area contributed by atoms with Crippen LogP contribution in [-0.2, 0) is 10.1 Å². The maximum absolute atomic E-state index is 13.0. The van der Waals surface area contributed by atoms with Gasteiger partial charge in [0.1, 0.15) is 0 Å². The quantitative estimate of drug-likeness (QED) is 0.291. The normalized spacial score (nSPS) is 15.6. The lowest BCUT2D eigenvalue weighted by Crippen LogP contribution is -2.74. The largest absolute Gasteiger partial charge is 0.460 e. The summed E-state index contributed by atoms with van der Waals surface area (Å²) in [5, 5.41) is -3.76. The molecule has 0 saturated carbocycles. The molecule has 1 N–H and O–H groups in total. The van der Waals surface area contributed by atoms with Crippen LogP contribution in [0, 0.1) is 0 Å². The zero-order valence-corrected chi connectivity index (χ0v) is 16.4. The van der Waals surface area contributed by atoms with E-state index in [4.69, 9.17) is 4.55 Å². The highest BCUT2D eigenvalue weighted by atomic mass is 32.2. The molecular weight excluding hydrogens is 579 g/mol. The maximum Gasteiger partial charge on any atom is 0.460 e. The second kappa shape index (κ2) is 8.82. The molecule has 1 aromatic heterocycles. The molecular formula is C12H5F17O3S2. The highest BCUT2D eigenvalue weighted by molar-refractivity contribution is 7.87. The molecule has 0 amide bonds. The molecule has 0 atom stereocenters. The highest BCUT2D eigenvalue weighted by Crippen LogP contribution is 2.64. The molecule has 1 aromatic rings. The number of rotatable bonds is 7. The summed E-state index contributed by atoms with van der Waals surface area (Å²) in [4.78, 5) is 0. The van der Waals surface area contributed by atoms with Crippen LogP contribution >= 0.6 is 11.3 Å². The fourth-order valence-corrected chi connectivity index (χ4v) is 2.44. The Labute approximate surface area is 179 Å². The van der Waals surface area contributed by atoms with Crippen LogP contribution in [0.4, 0.5) is 74.6 Å². The lowest BCUT2D eigenvalue weighted by atomic mass is 9.91. The minimum atomic E-state index is -8.89. The van der Waals surface area contributed by atoms with Crippen LogP contribution in [-0.4, -0.2) is 59.9 Å². The van der Waals surface area contributed by atoms with Crippen LogP contribution in [0.3, 0.4) is 0 Å². The van der Waals surface area contributed by atoms with Crippen molar-refractivity contribution in [2.24, 2.45) is 0 Å². The molecule has 3 nitrogen and oxygen atoms in total. The molecule has 0 aliphatic rings. The van der Waals surface area contributed by atoms with E-state index in [-0.39, 0.29) is 0 Å². The van der Waals surface area contributed by atoms with Crippen molar-refractivity contribution in [3.05, 3.63) is 22.9 Å². The third-order valence-electron chi connectivity index (χ3n) is 3.44. The molecule has 0 fully saturated rings. The van der Waals surface area contributed by atoms with Gasteiger partial charge in [0.05, 0.1) is 0 Å². The SMILES string of the molecule is O=S(=O)(O)C(F)(F)C(F)(F)C(F)(F)C(F)(F)C(F)(F)C(F)(F)C(F)(F)C(F)(F)F.c1ccsc1. The van der Waals surface area contributed by atoms with Crippen molar-refractivity contribution in [1.82, 2.24) is 0 Å². The Kier molecular flexibility index (Phi) is 8.41. The Morgan fingerprint density at radius 2 is 0.765 bits per heavy atom. The summed E-state index contributed by atoms with van der Waals surface area (Å²) in [5.41, 5.74) is 0. The number of hydrogen-bond acceptors (Lipinski definition) is 3. The van der Waals surface area contributed by atoms with E-state index in [0.29, 0.717) is 0 Å². The van der Waals surface area contributed by atoms with Crippen molar-refractivity contribution in [2.45, 2.75) is 47.0 Å². The van der Waals surface area contributed by atoms with Crippen molar-refractivity contribution in [3.63, 3.8) is 0 Å².